The van der Waals surface area contributed by atoms with Gasteiger partial charge in [-0.3, -0.25) is 19.4 Å². The number of carbonyl (C=O) groups excluding carboxylic acids is 2. The number of ketones is 1. The predicted octanol–water partition coefficient (Wildman–Crippen LogP) is 2.80. The summed E-state index contributed by atoms with van der Waals surface area (Å²) in [5.41, 5.74) is 1.03. The Morgan fingerprint density at radius 3 is 3.00 bits per heavy atom. The molecule has 0 aliphatic carbocycles. The fourth-order valence-corrected chi connectivity index (χ4v) is 2.96. The molecule has 1 aliphatic heterocycles. The molecule has 1 unspecified atom stereocenters. The van der Waals surface area contributed by atoms with Crippen LogP contribution in [0.1, 0.15) is 34.6 Å². The molecule has 5 nitrogen and oxygen atoms in total. The summed E-state index contributed by atoms with van der Waals surface area (Å²) in [5.74, 6) is -1.50. The van der Waals surface area contributed by atoms with Crippen LogP contribution in [0.4, 0.5) is 5.69 Å². The highest BCUT2D eigenvalue weighted by Crippen LogP contribution is 2.38. The Balaban J connectivity index is 1.98. The highest BCUT2D eigenvalue weighted by molar-refractivity contribution is 7.12. The van der Waals surface area contributed by atoms with Gasteiger partial charge in [0.2, 0.25) is 0 Å². The number of Topliss-reactive ketones (excluding diaryl/α,β-unsaturated/α-hetero) is 1. The molecule has 1 atom stereocenters. The molecule has 0 saturated heterocycles. The van der Waals surface area contributed by atoms with Crippen LogP contribution in [0, 0.1) is 0 Å². The summed E-state index contributed by atoms with van der Waals surface area (Å²) in [6.07, 6.45) is 2.37. The molecule has 1 aliphatic rings. The Bertz CT molecular complexity index is 669. The Hall–Kier alpha value is -2.05. The van der Waals surface area contributed by atoms with E-state index >= 15 is 0 Å². The van der Waals surface area contributed by atoms with Gasteiger partial charge in [-0.2, -0.15) is 5.06 Å². The van der Waals surface area contributed by atoms with E-state index in [0.717, 1.165) is 6.42 Å². The van der Waals surface area contributed by atoms with Crippen LogP contribution in [-0.2, 0) is 9.63 Å². The zero-order valence-corrected chi connectivity index (χ0v) is 12.3. The van der Waals surface area contributed by atoms with Crippen molar-refractivity contribution in [3.05, 3.63) is 46.4 Å². The van der Waals surface area contributed by atoms with E-state index in [-0.39, 0.29) is 11.7 Å². The van der Waals surface area contributed by atoms with E-state index in [0.29, 0.717) is 22.9 Å². The third-order valence-corrected chi connectivity index (χ3v) is 4.09. The van der Waals surface area contributed by atoms with Gasteiger partial charge in [-0.25, -0.2) is 0 Å². The number of thiophene rings is 1. The lowest BCUT2D eigenvalue weighted by Gasteiger charge is -2.16. The Kier molecular flexibility index (Phi) is 3.81. The Morgan fingerprint density at radius 1 is 1.43 bits per heavy atom. The van der Waals surface area contributed by atoms with Crippen molar-refractivity contribution in [1.29, 1.82) is 0 Å². The van der Waals surface area contributed by atoms with Gasteiger partial charge < -0.3 is 0 Å². The first-order valence-electron chi connectivity index (χ1n) is 6.73. The van der Waals surface area contributed by atoms with Gasteiger partial charge in [0.25, 0.3) is 5.91 Å². The summed E-state index contributed by atoms with van der Waals surface area (Å²) in [5, 5.41) is 3.03. The number of pyridine rings is 1. The fraction of sp³-hybridized carbons (Fsp3) is 0.267. The number of rotatable bonds is 5. The van der Waals surface area contributed by atoms with Gasteiger partial charge in [0.15, 0.2) is 5.78 Å². The highest BCUT2D eigenvalue weighted by Gasteiger charge is 2.44. The van der Waals surface area contributed by atoms with E-state index in [1.807, 2.05) is 12.3 Å². The topological polar surface area (TPSA) is 59.5 Å². The van der Waals surface area contributed by atoms with Crippen LogP contribution >= 0.6 is 11.3 Å². The average Bonchev–Trinajstić information content (AvgIpc) is 3.11. The molecule has 3 rings (SSSR count). The zero-order chi connectivity index (χ0) is 14.8. The molecular weight excluding hydrogens is 288 g/mol. The van der Waals surface area contributed by atoms with Crippen LogP contribution in [0.2, 0.25) is 0 Å². The van der Waals surface area contributed by atoms with E-state index in [2.05, 4.69) is 4.98 Å². The number of hydroxylamine groups is 1. The van der Waals surface area contributed by atoms with E-state index in [9.17, 15) is 9.59 Å². The number of anilines is 1. The fourth-order valence-electron chi connectivity index (χ4n) is 2.27. The molecule has 6 heteroatoms. The van der Waals surface area contributed by atoms with Crippen molar-refractivity contribution < 1.29 is 14.4 Å². The molecule has 21 heavy (non-hydrogen) atoms. The van der Waals surface area contributed by atoms with Crippen LogP contribution < -0.4 is 5.06 Å². The van der Waals surface area contributed by atoms with Crippen LogP contribution in [0.5, 0.6) is 0 Å². The van der Waals surface area contributed by atoms with Crippen molar-refractivity contribution >= 4 is 28.7 Å². The quantitative estimate of drug-likeness (QED) is 0.629. The first kappa shape index (κ1) is 13.9. The van der Waals surface area contributed by atoms with E-state index < -0.39 is 5.92 Å². The SMILES string of the molecule is CCCON1C(=O)C(C(=O)c2cccs2)c2ncccc21. The molecular formula is C15H14N2O3S. The van der Waals surface area contributed by atoms with Gasteiger partial charge in [0.05, 0.1) is 22.9 Å². The van der Waals surface area contributed by atoms with Crippen molar-refractivity contribution in [1.82, 2.24) is 4.98 Å². The number of hydrogen-bond donors (Lipinski definition) is 0. The minimum atomic E-state index is -0.906. The molecule has 108 valence electrons. The Labute approximate surface area is 126 Å². The van der Waals surface area contributed by atoms with Crippen LogP contribution in [0.25, 0.3) is 0 Å². The summed E-state index contributed by atoms with van der Waals surface area (Å²) in [4.78, 5) is 35.4. The van der Waals surface area contributed by atoms with Crippen molar-refractivity contribution in [3.8, 4) is 0 Å². The van der Waals surface area contributed by atoms with Gasteiger partial charge in [0, 0.05) is 6.20 Å². The standard InChI is InChI=1S/C15H14N2O3S/c1-2-8-20-17-10-5-3-7-16-13(10)12(15(17)19)14(18)11-6-4-9-21-11/h3-7,9,12H,2,8H2,1H3. The van der Waals surface area contributed by atoms with E-state index in [4.69, 9.17) is 4.84 Å². The molecule has 0 fully saturated rings. The molecule has 1 amide bonds. The second-order valence-electron chi connectivity index (χ2n) is 4.65. The first-order chi connectivity index (χ1) is 10.2. The Morgan fingerprint density at radius 2 is 2.29 bits per heavy atom. The number of carbonyl (C=O) groups is 2. The summed E-state index contributed by atoms with van der Waals surface area (Å²) in [6.45, 7) is 2.37. The first-order valence-corrected chi connectivity index (χ1v) is 7.61. The van der Waals surface area contributed by atoms with Crippen LogP contribution in [0.3, 0.4) is 0 Å². The predicted molar refractivity (Wildman–Crippen MR) is 79.4 cm³/mol. The van der Waals surface area contributed by atoms with Crippen LogP contribution in [0.15, 0.2) is 35.8 Å². The molecule has 0 aromatic carbocycles. The monoisotopic (exact) mass is 302 g/mol. The minimum Gasteiger partial charge on any atom is -0.292 e. The third-order valence-electron chi connectivity index (χ3n) is 3.21. The summed E-state index contributed by atoms with van der Waals surface area (Å²) < 4.78 is 0. The van der Waals surface area contributed by atoms with Gasteiger partial charge in [-0.15, -0.1) is 11.3 Å². The second-order valence-corrected chi connectivity index (χ2v) is 5.60. The normalized spacial score (nSPS) is 17.1. The lowest BCUT2D eigenvalue weighted by atomic mass is 10.00. The molecule has 0 radical (unpaired) electrons. The number of hydrogen-bond acceptors (Lipinski definition) is 5. The number of fused-ring (bicyclic) bond motifs is 1. The smallest absolute Gasteiger partial charge is 0.268 e. The van der Waals surface area contributed by atoms with Crippen molar-refractivity contribution in [3.63, 3.8) is 0 Å². The minimum absolute atomic E-state index is 0.224. The zero-order valence-electron chi connectivity index (χ0n) is 11.5. The van der Waals surface area contributed by atoms with Gasteiger partial charge in [0.1, 0.15) is 5.92 Å². The van der Waals surface area contributed by atoms with E-state index in [1.165, 1.54) is 16.4 Å². The van der Waals surface area contributed by atoms with Gasteiger partial charge in [-0.05, 0) is 30.0 Å². The number of aromatic nitrogens is 1. The lowest BCUT2D eigenvalue weighted by molar-refractivity contribution is -0.125. The molecule has 2 aromatic rings. The third kappa shape index (κ3) is 2.36. The summed E-state index contributed by atoms with van der Waals surface area (Å²) in [6, 6.07) is 6.99. The summed E-state index contributed by atoms with van der Waals surface area (Å²) >= 11 is 1.32. The molecule has 3 heterocycles. The average molecular weight is 302 g/mol. The highest BCUT2D eigenvalue weighted by atomic mass is 32.1. The molecule has 0 bridgehead atoms. The van der Waals surface area contributed by atoms with Crippen molar-refractivity contribution in [2.75, 3.05) is 11.7 Å². The maximum atomic E-state index is 12.6. The molecule has 2 aromatic heterocycles. The molecule has 0 spiro atoms. The lowest BCUT2D eigenvalue weighted by Crippen LogP contribution is -2.32. The number of amides is 1. The van der Waals surface area contributed by atoms with Crippen molar-refractivity contribution in [2.45, 2.75) is 19.3 Å². The van der Waals surface area contributed by atoms with Gasteiger partial charge >= 0.3 is 0 Å². The maximum absolute atomic E-state index is 12.6. The summed E-state index contributed by atoms with van der Waals surface area (Å²) in [7, 11) is 0. The largest absolute Gasteiger partial charge is 0.292 e. The van der Waals surface area contributed by atoms with Crippen LogP contribution in [-0.4, -0.2) is 23.3 Å². The van der Waals surface area contributed by atoms with Gasteiger partial charge in [-0.1, -0.05) is 13.0 Å². The molecule has 0 saturated carbocycles. The van der Waals surface area contributed by atoms with E-state index in [1.54, 1.807) is 30.5 Å². The molecule has 0 N–H and O–H groups in total. The maximum Gasteiger partial charge on any atom is 0.268 e. The second kappa shape index (κ2) is 5.75. The number of nitrogens with zero attached hydrogens (tertiary/aromatic N) is 2. The van der Waals surface area contributed by atoms with Crippen molar-refractivity contribution in [2.24, 2.45) is 0 Å².